The number of amides is 2. The van der Waals surface area contributed by atoms with Crippen LogP contribution < -0.4 is 20.9 Å². The van der Waals surface area contributed by atoms with E-state index in [2.05, 4.69) is 10.6 Å². The smallest absolute Gasteiger partial charge is 0.376 e. The number of hydrogen-bond acceptors (Lipinski definition) is 6. The van der Waals surface area contributed by atoms with Gasteiger partial charge in [-0.15, -0.1) is 11.3 Å². The van der Waals surface area contributed by atoms with Crippen LogP contribution in [0.1, 0.15) is 0 Å². The van der Waals surface area contributed by atoms with Crippen LogP contribution in [-0.4, -0.2) is 31.7 Å². The summed E-state index contributed by atoms with van der Waals surface area (Å²) in [4.78, 5) is 25.1. The second-order valence-electron chi connectivity index (χ2n) is 7.43. The molecule has 0 atom stereocenters. The molecule has 0 bridgehead atoms. The summed E-state index contributed by atoms with van der Waals surface area (Å²) >= 11 is 6.54. The fourth-order valence-corrected chi connectivity index (χ4v) is 5.63. The van der Waals surface area contributed by atoms with Crippen LogP contribution in [0.5, 0.6) is 0 Å². The molecule has 0 saturated heterocycles. The Balaban J connectivity index is 1.48. The molecular weight excluding hydrogens is 541 g/mol. The zero-order chi connectivity index (χ0) is 26.1. The molecule has 2 amide bonds. The maximum absolute atomic E-state index is 12.9. The van der Waals surface area contributed by atoms with E-state index >= 15 is 0 Å². The van der Waals surface area contributed by atoms with Crippen molar-refractivity contribution in [2.24, 2.45) is 0 Å². The summed E-state index contributed by atoms with van der Waals surface area (Å²) in [5.41, 5.74) is 0.557. The average molecular weight is 557 g/mol. The van der Waals surface area contributed by atoms with Gasteiger partial charge in [0.15, 0.2) is 0 Å². The molecule has 2 aromatic heterocycles. The highest BCUT2D eigenvalue weighted by molar-refractivity contribution is 7.92. The minimum absolute atomic E-state index is 0.114. The van der Waals surface area contributed by atoms with Gasteiger partial charge in [0.2, 0.25) is 0 Å². The van der Waals surface area contributed by atoms with Crippen molar-refractivity contribution in [3.63, 3.8) is 0 Å². The Morgan fingerprint density at radius 2 is 1.69 bits per heavy atom. The Kier molecular flexibility index (Phi) is 6.98. The summed E-state index contributed by atoms with van der Waals surface area (Å²) in [6.07, 6.45) is -2.89. The van der Waals surface area contributed by atoms with E-state index in [1.54, 1.807) is 6.07 Å². The Morgan fingerprint density at radius 3 is 2.33 bits per heavy atom. The predicted octanol–water partition coefficient (Wildman–Crippen LogP) is 5.19. The molecule has 36 heavy (non-hydrogen) atoms. The number of nitrogens with zero attached hydrogens (tertiary/aromatic N) is 1. The van der Waals surface area contributed by atoms with E-state index in [4.69, 9.17) is 11.6 Å². The summed E-state index contributed by atoms with van der Waals surface area (Å²) in [5, 5.41) is 5.43. The lowest BCUT2D eigenvalue weighted by atomic mass is 10.1. The van der Waals surface area contributed by atoms with Gasteiger partial charge in [0.05, 0.1) is 4.34 Å². The van der Waals surface area contributed by atoms with E-state index in [0.717, 1.165) is 11.3 Å². The number of benzene rings is 2. The zero-order valence-electron chi connectivity index (χ0n) is 18.0. The van der Waals surface area contributed by atoms with Gasteiger partial charge in [0.25, 0.3) is 15.6 Å². The predicted molar refractivity (Wildman–Crippen MR) is 133 cm³/mol. The van der Waals surface area contributed by atoms with Gasteiger partial charge in [0, 0.05) is 28.6 Å². The molecular formula is C22H16ClF3N4O4S2. The number of halogens is 4. The maximum Gasteiger partial charge on any atom is 0.405 e. The van der Waals surface area contributed by atoms with E-state index in [9.17, 15) is 31.2 Å². The molecule has 0 spiro atoms. The van der Waals surface area contributed by atoms with E-state index in [1.165, 1.54) is 65.4 Å². The highest BCUT2D eigenvalue weighted by atomic mass is 35.5. The van der Waals surface area contributed by atoms with Crippen molar-refractivity contribution < 1.29 is 26.4 Å². The topological polar surface area (TPSA) is 109 Å². The summed E-state index contributed by atoms with van der Waals surface area (Å²) < 4.78 is 65.1. The molecule has 0 aliphatic heterocycles. The molecule has 8 nitrogen and oxygen atoms in total. The number of fused-ring (bicyclic) bond motifs is 1. The second kappa shape index (κ2) is 9.84. The highest BCUT2D eigenvalue weighted by Gasteiger charge is 2.26. The number of pyridine rings is 1. The van der Waals surface area contributed by atoms with Crippen LogP contribution in [0.2, 0.25) is 4.34 Å². The van der Waals surface area contributed by atoms with Crippen molar-refractivity contribution in [2.75, 3.05) is 17.2 Å². The number of anilines is 2. The maximum atomic E-state index is 12.9. The van der Waals surface area contributed by atoms with Crippen molar-refractivity contribution in [3.05, 3.63) is 81.6 Å². The van der Waals surface area contributed by atoms with Crippen LogP contribution in [0.25, 0.3) is 16.5 Å². The number of aromatic nitrogens is 1. The van der Waals surface area contributed by atoms with E-state index < -0.39 is 34.3 Å². The summed E-state index contributed by atoms with van der Waals surface area (Å²) in [5.74, 6) is 0. The first-order valence-corrected chi connectivity index (χ1v) is 12.7. The Hall–Kier alpha value is -3.55. The van der Waals surface area contributed by atoms with E-state index in [0.29, 0.717) is 16.5 Å². The van der Waals surface area contributed by atoms with Crippen molar-refractivity contribution in [1.29, 1.82) is 0 Å². The highest BCUT2D eigenvalue weighted by Crippen LogP contribution is 2.25. The quantitative estimate of drug-likeness (QED) is 0.303. The minimum Gasteiger partial charge on any atom is -0.376 e. The molecule has 4 rings (SSSR count). The molecule has 2 aromatic carbocycles. The molecule has 0 saturated carbocycles. The molecule has 2 heterocycles. The third kappa shape index (κ3) is 5.98. The molecule has 0 aliphatic rings. The number of nitrogens with one attached hydrogen (secondary N) is 3. The molecule has 0 radical (unpaired) electrons. The minimum atomic E-state index is -4.37. The zero-order valence-corrected chi connectivity index (χ0v) is 20.4. The number of carbonyl (C=O) groups is 1. The number of carbonyl (C=O) groups excluding carboxylic acids is 1. The number of alkyl halides is 3. The number of hydrogen-bond donors (Lipinski definition) is 3. The Bertz CT molecular complexity index is 1600. The van der Waals surface area contributed by atoms with Crippen LogP contribution in [0, 0.1) is 0 Å². The molecule has 0 unspecified atom stereocenters. The standard InChI is InChI=1S/C22H16ClF3N4O4S2/c23-18-7-8-19(35-18)36(33,34)29-21(32)28-14-1-4-16(5-2-14)30-10-9-13-11-15(27-12-22(24,25)26)3-6-17(13)20(30)31/h1-11,27H,12H2,(H2,28,29,32). The largest absolute Gasteiger partial charge is 0.405 e. The van der Waals surface area contributed by atoms with Gasteiger partial charge in [-0.1, -0.05) is 11.6 Å². The number of rotatable bonds is 6. The number of thiophene rings is 1. The van der Waals surface area contributed by atoms with Crippen molar-refractivity contribution in [3.8, 4) is 5.69 Å². The van der Waals surface area contributed by atoms with Crippen molar-refractivity contribution >= 4 is 61.1 Å². The van der Waals surface area contributed by atoms with Gasteiger partial charge < -0.3 is 10.6 Å². The van der Waals surface area contributed by atoms with Crippen molar-refractivity contribution in [2.45, 2.75) is 10.4 Å². The van der Waals surface area contributed by atoms with Crippen LogP contribution >= 0.6 is 22.9 Å². The lowest BCUT2D eigenvalue weighted by Gasteiger charge is -2.12. The van der Waals surface area contributed by atoms with E-state index in [1.807, 2.05) is 4.72 Å². The first kappa shape index (κ1) is 25.5. The van der Waals surface area contributed by atoms with Crippen LogP contribution in [0.3, 0.4) is 0 Å². The lowest BCUT2D eigenvalue weighted by molar-refractivity contribution is -0.115. The Labute approximate surface area is 211 Å². The summed E-state index contributed by atoms with van der Waals surface area (Å²) in [7, 11) is -4.08. The third-order valence-electron chi connectivity index (χ3n) is 4.84. The lowest BCUT2D eigenvalue weighted by Crippen LogP contribution is -2.33. The number of urea groups is 1. The fourth-order valence-electron chi connectivity index (χ4n) is 3.24. The summed E-state index contributed by atoms with van der Waals surface area (Å²) in [6.45, 7) is -1.19. The SMILES string of the molecule is O=C(Nc1ccc(-n2ccc3cc(NCC(F)(F)F)ccc3c2=O)cc1)NS(=O)(=O)c1ccc(Cl)s1. The average Bonchev–Trinajstić information content (AvgIpc) is 3.25. The molecule has 3 N–H and O–H groups in total. The molecule has 14 heteroatoms. The fraction of sp³-hybridized carbons (Fsp3) is 0.0909. The van der Waals surface area contributed by atoms with Gasteiger partial charge in [-0.25, -0.2) is 17.9 Å². The van der Waals surface area contributed by atoms with Crippen molar-refractivity contribution in [1.82, 2.24) is 9.29 Å². The third-order valence-corrected chi connectivity index (χ3v) is 7.89. The second-order valence-corrected chi connectivity index (χ2v) is 11.1. The summed E-state index contributed by atoms with van der Waals surface area (Å²) in [6, 6.07) is 13.6. The number of sulfonamides is 1. The molecule has 188 valence electrons. The first-order valence-electron chi connectivity index (χ1n) is 10.1. The van der Waals surface area contributed by atoms with Crippen LogP contribution in [-0.2, 0) is 10.0 Å². The van der Waals surface area contributed by atoms with Gasteiger partial charge >= 0.3 is 12.2 Å². The van der Waals surface area contributed by atoms with Gasteiger partial charge in [-0.2, -0.15) is 13.2 Å². The molecule has 0 fully saturated rings. The van der Waals surface area contributed by atoms with Gasteiger partial charge in [-0.05, 0) is 66.0 Å². The molecule has 4 aromatic rings. The molecule has 0 aliphatic carbocycles. The van der Waals surface area contributed by atoms with Crippen LogP contribution in [0.4, 0.5) is 29.3 Å². The first-order chi connectivity index (χ1) is 16.9. The monoisotopic (exact) mass is 556 g/mol. The van der Waals surface area contributed by atoms with E-state index in [-0.39, 0.29) is 19.9 Å². The van der Waals surface area contributed by atoms with Gasteiger partial charge in [-0.3, -0.25) is 9.36 Å². The van der Waals surface area contributed by atoms with Gasteiger partial charge in [0.1, 0.15) is 10.8 Å². The normalized spacial score (nSPS) is 11.9. The Morgan fingerprint density at radius 1 is 1.00 bits per heavy atom. The van der Waals surface area contributed by atoms with Crippen LogP contribution in [0.15, 0.2) is 75.9 Å².